The van der Waals surface area contributed by atoms with Crippen LogP contribution in [0.15, 0.2) is 24.3 Å². The summed E-state index contributed by atoms with van der Waals surface area (Å²) in [5.41, 5.74) is 9.31. The Balaban J connectivity index is 1.42. The van der Waals surface area contributed by atoms with Gasteiger partial charge in [0.25, 0.3) is 0 Å². The van der Waals surface area contributed by atoms with Gasteiger partial charge in [0.15, 0.2) is 0 Å². The maximum absolute atomic E-state index is 13.3. The van der Waals surface area contributed by atoms with E-state index < -0.39 is 0 Å². The molecule has 3 saturated carbocycles. The van der Waals surface area contributed by atoms with Crippen LogP contribution >= 0.6 is 0 Å². The molecule has 2 unspecified atom stereocenters. The summed E-state index contributed by atoms with van der Waals surface area (Å²) in [6, 6.07) is 8.92. The Morgan fingerprint density at radius 2 is 1.83 bits per heavy atom. The average molecular weight is 310 g/mol. The first-order valence-electron chi connectivity index (χ1n) is 9.34. The lowest BCUT2D eigenvalue weighted by molar-refractivity contribution is -0.125. The van der Waals surface area contributed by atoms with Crippen molar-refractivity contribution < 1.29 is 4.79 Å². The van der Waals surface area contributed by atoms with Gasteiger partial charge in [0, 0.05) is 29.6 Å². The normalized spacial score (nSPS) is 36.8. The highest BCUT2D eigenvalue weighted by Crippen LogP contribution is 2.57. The third-order valence-corrected chi connectivity index (χ3v) is 7.11. The number of hydrogen-bond acceptors (Lipinski definition) is 2. The number of carbonyl (C=O) groups excluding carboxylic acids is 1. The molecule has 5 rings (SSSR count). The molecule has 0 radical (unpaired) electrons. The van der Waals surface area contributed by atoms with Crippen LogP contribution in [0.4, 0.5) is 5.69 Å². The molecular formula is C20H26N2O. The number of para-hydroxylation sites is 1. The number of benzene rings is 1. The molecule has 1 aromatic carbocycles. The third kappa shape index (κ3) is 2.02. The fraction of sp³-hybridized carbons (Fsp3) is 0.650. The molecule has 2 bridgehead atoms. The minimum absolute atomic E-state index is 0.201. The Labute approximate surface area is 138 Å². The van der Waals surface area contributed by atoms with Gasteiger partial charge in [-0.1, -0.05) is 24.6 Å². The van der Waals surface area contributed by atoms with Gasteiger partial charge in [-0.3, -0.25) is 4.79 Å². The summed E-state index contributed by atoms with van der Waals surface area (Å²) in [5.74, 6) is 1.73. The van der Waals surface area contributed by atoms with Crippen LogP contribution in [0.1, 0.15) is 50.5 Å². The standard InChI is InChI=1S/C20H26N2O/c21-18-13-4-3-5-14(18)11-15(10-13)19(23)22-12-20(8-9-20)16-6-1-2-7-17(16)22/h1-2,6-7,13-15,18H,3-5,8-12,21H2. The van der Waals surface area contributed by atoms with E-state index in [1.165, 1.54) is 43.4 Å². The van der Waals surface area contributed by atoms with Crippen LogP contribution in [0.3, 0.4) is 0 Å². The van der Waals surface area contributed by atoms with Gasteiger partial charge >= 0.3 is 0 Å². The molecule has 3 heteroatoms. The van der Waals surface area contributed by atoms with Crippen molar-refractivity contribution in [3.8, 4) is 0 Å². The lowest BCUT2D eigenvalue weighted by Gasteiger charge is -2.44. The molecule has 0 saturated heterocycles. The Bertz CT molecular complexity index is 637. The smallest absolute Gasteiger partial charge is 0.230 e. The lowest BCUT2D eigenvalue weighted by atomic mass is 9.65. The Hall–Kier alpha value is -1.35. The number of carbonyl (C=O) groups is 1. The van der Waals surface area contributed by atoms with Crippen molar-refractivity contribution in [3.05, 3.63) is 29.8 Å². The molecule has 3 nitrogen and oxygen atoms in total. The summed E-state index contributed by atoms with van der Waals surface area (Å²) in [6.07, 6.45) is 8.27. The van der Waals surface area contributed by atoms with Gasteiger partial charge in [0.05, 0.1) is 0 Å². The highest BCUT2D eigenvalue weighted by Gasteiger charge is 2.54. The SMILES string of the molecule is NC1C2CCCC1CC(C(=O)N1CC3(CC3)c3ccccc31)C2. The molecule has 122 valence electrons. The van der Waals surface area contributed by atoms with Crippen molar-refractivity contribution in [2.45, 2.75) is 56.4 Å². The fourth-order valence-corrected chi connectivity index (χ4v) is 5.62. The maximum atomic E-state index is 13.3. The quantitative estimate of drug-likeness (QED) is 0.865. The topological polar surface area (TPSA) is 46.3 Å². The molecule has 1 aromatic rings. The van der Waals surface area contributed by atoms with Gasteiger partial charge in [-0.2, -0.15) is 0 Å². The first kappa shape index (κ1) is 14.0. The van der Waals surface area contributed by atoms with Crippen molar-refractivity contribution in [2.75, 3.05) is 11.4 Å². The molecule has 4 aliphatic rings. The fourth-order valence-electron chi connectivity index (χ4n) is 5.62. The zero-order valence-electron chi connectivity index (χ0n) is 13.7. The average Bonchev–Trinajstić information content (AvgIpc) is 3.24. The van der Waals surface area contributed by atoms with E-state index in [1.54, 1.807) is 0 Å². The van der Waals surface area contributed by atoms with Crippen molar-refractivity contribution >= 4 is 11.6 Å². The summed E-state index contributed by atoms with van der Waals surface area (Å²) in [4.78, 5) is 15.4. The first-order valence-corrected chi connectivity index (χ1v) is 9.34. The van der Waals surface area contributed by atoms with Gasteiger partial charge in [0.1, 0.15) is 0 Å². The molecule has 23 heavy (non-hydrogen) atoms. The van der Waals surface area contributed by atoms with Gasteiger partial charge in [-0.25, -0.2) is 0 Å². The number of hydrogen-bond donors (Lipinski definition) is 1. The summed E-state index contributed by atoms with van der Waals surface area (Å²) < 4.78 is 0. The van der Waals surface area contributed by atoms with E-state index in [2.05, 4.69) is 29.2 Å². The van der Waals surface area contributed by atoms with E-state index >= 15 is 0 Å². The zero-order chi connectivity index (χ0) is 15.6. The van der Waals surface area contributed by atoms with Gasteiger partial charge in [0.2, 0.25) is 5.91 Å². The monoisotopic (exact) mass is 310 g/mol. The molecule has 2 atom stereocenters. The second-order valence-electron chi connectivity index (χ2n) is 8.42. The number of anilines is 1. The molecule has 3 aliphatic carbocycles. The summed E-state index contributed by atoms with van der Waals surface area (Å²) >= 11 is 0. The molecule has 1 heterocycles. The van der Waals surface area contributed by atoms with E-state index in [-0.39, 0.29) is 5.92 Å². The summed E-state index contributed by atoms with van der Waals surface area (Å²) in [7, 11) is 0. The molecule has 1 spiro atoms. The molecule has 1 amide bonds. The van der Waals surface area contributed by atoms with Crippen LogP contribution in [0.25, 0.3) is 0 Å². The molecular weight excluding hydrogens is 284 g/mol. The van der Waals surface area contributed by atoms with Crippen LogP contribution in [-0.2, 0) is 10.2 Å². The van der Waals surface area contributed by atoms with E-state index in [0.29, 0.717) is 29.2 Å². The zero-order valence-corrected chi connectivity index (χ0v) is 13.7. The molecule has 3 fully saturated rings. The number of rotatable bonds is 1. The van der Waals surface area contributed by atoms with E-state index in [1.807, 2.05) is 0 Å². The van der Waals surface area contributed by atoms with Crippen LogP contribution in [-0.4, -0.2) is 18.5 Å². The second kappa shape index (κ2) is 4.83. The highest BCUT2D eigenvalue weighted by atomic mass is 16.2. The van der Waals surface area contributed by atoms with E-state index in [4.69, 9.17) is 5.73 Å². The van der Waals surface area contributed by atoms with E-state index in [0.717, 1.165) is 19.4 Å². The van der Waals surface area contributed by atoms with Crippen molar-refractivity contribution in [1.82, 2.24) is 0 Å². The van der Waals surface area contributed by atoms with Crippen molar-refractivity contribution in [1.29, 1.82) is 0 Å². The van der Waals surface area contributed by atoms with Crippen LogP contribution in [0, 0.1) is 17.8 Å². The maximum Gasteiger partial charge on any atom is 0.230 e. The lowest BCUT2D eigenvalue weighted by Crippen LogP contribution is -2.49. The summed E-state index contributed by atoms with van der Waals surface area (Å²) in [6.45, 7) is 0.920. The Morgan fingerprint density at radius 3 is 2.52 bits per heavy atom. The number of amides is 1. The Morgan fingerprint density at radius 1 is 1.13 bits per heavy atom. The van der Waals surface area contributed by atoms with Gasteiger partial charge < -0.3 is 10.6 Å². The van der Waals surface area contributed by atoms with Crippen molar-refractivity contribution in [2.24, 2.45) is 23.5 Å². The number of fused-ring (bicyclic) bond motifs is 4. The first-order chi connectivity index (χ1) is 11.2. The minimum atomic E-state index is 0.201. The Kier molecular flexibility index (Phi) is 2.94. The van der Waals surface area contributed by atoms with Crippen LogP contribution < -0.4 is 10.6 Å². The largest absolute Gasteiger partial charge is 0.327 e. The number of nitrogens with zero attached hydrogens (tertiary/aromatic N) is 1. The summed E-state index contributed by atoms with van der Waals surface area (Å²) in [5, 5.41) is 0. The predicted octanol–water partition coefficient (Wildman–Crippen LogP) is 3.22. The number of nitrogens with two attached hydrogens (primary N) is 1. The third-order valence-electron chi connectivity index (χ3n) is 7.11. The van der Waals surface area contributed by atoms with Crippen LogP contribution in [0.5, 0.6) is 0 Å². The van der Waals surface area contributed by atoms with Gasteiger partial charge in [-0.15, -0.1) is 0 Å². The second-order valence-corrected chi connectivity index (χ2v) is 8.42. The van der Waals surface area contributed by atoms with Crippen molar-refractivity contribution in [3.63, 3.8) is 0 Å². The highest BCUT2D eigenvalue weighted by molar-refractivity contribution is 5.98. The van der Waals surface area contributed by atoms with Gasteiger partial charge in [-0.05, 0) is 62.0 Å². The molecule has 0 aromatic heterocycles. The minimum Gasteiger partial charge on any atom is -0.327 e. The van der Waals surface area contributed by atoms with E-state index in [9.17, 15) is 4.79 Å². The predicted molar refractivity (Wildman–Crippen MR) is 91.2 cm³/mol. The molecule has 2 N–H and O–H groups in total. The molecule has 1 aliphatic heterocycles. The van der Waals surface area contributed by atoms with Crippen LogP contribution in [0.2, 0.25) is 0 Å².